The first kappa shape index (κ1) is 16.1. The SMILES string of the molecule is CCCCOCCCNC(=O)C(F)(F)C(F)F. The third kappa shape index (κ3) is 6.45. The van der Waals surface area contributed by atoms with E-state index in [1.807, 2.05) is 6.92 Å². The Morgan fingerprint density at radius 2 is 1.88 bits per heavy atom. The number of amides is 1. The molecule has 102 valence electrons. The second-order valence-electron chi connectivity index (χ2n) is 3.50. The molecular formula is C10H17F4NO2. The van der Waals surface area contributed by atoms with Gasteiger partial charge in [-0.15, -0.1) is 0 Å². The number of halogens is 4. The van der Waals surface area contributed by atoms with Gasteiger partial charge in [-0.25, -0.2) is 8.78 Å². The van der Waals surface area contributed by atoms with E-state index in [9.17, 15) is 22.4 Å². The molecule has 0 aromatic rings. The standard InChI is InChI=1S/C10H17F4NO2/c1-2-3-6-17-7-4-5-15-9(16)10(13,14)8(11)12/h8H,2-7H2,1H3,(H,15,16). The molecule has 0 spiro atoms. The lowest BCUT2D eigenvalue weighted by molar-refractivity contribution is -0.169. The van der Waals surface area contributed by atoms with E-state index in [4.69, 9.17) is 4.74 Å². The summed E-state index contributed by atoms with van der Waals surface area (Å²) in [5.74, 6) is -6.57. The molecule has 0 fully saturated rings. The Morgan fingerprint density at radius 3 is 2.41 bits per heavy atom. The fraction of sp³-hybridized carbons (Fsp3) is 0.900. The molecule has 0 saturated carbocycles. The molecule has 0 aromatic carbocycles. The summed E-state index contributed by atoms with van der Waals surface area (Å²) in [4.78, 5) is 10.7. The molecule has 0 aromatic heterocycles. The summed E-state index contributed by atoms with van der Waals surface area (Å²) in [7, 11) is 0. The second kappa shape index (κ2) is 8.27. The molecule has 0 atom stereocenters. The van der Waals surface area contributed by atoms with E-state index in [-0.39, 0.29) is 6.54 Å². The van der Waals surface area contributed by atoms with Gasteiger partial charge in [-0.3, -0.25) is 4.79 Å². The lowest BCUT2D eigenvalue weighted by atomic mass is 10.3. The van der Waals surface area contributed by atoms with E-state index in [1.54, 1.807) is 5.32 Å². The van der Waals surface area contributed by atoms with Gasteiger partial charge in [0.1, 0.15) is 0 Å². The normalized spacial score (nSPS) is 11.9. The Hall–Kier alpha value is -0.850. The van der Waals surface area contributed by atoms with E-state index in [0.29, 0.717) is 19.6 Å². The molecule has 0 saturated heterocycles. The molecule has 0 heterocycles. The first-order chi connectivity index (χ1) is 7.92. The highest BCUT2D eigenvalue weighted by Crippen LogP contribution is 2.22. The van der Waals surface area contributed by atoms with Gasteiger partial charge in [-0.2, -0.15) is 8.78 Å². The third-order valence-electron chi connectivity index (χ3n) is 1.97. The molecule has 3 nitrogen and oxygen atoms in total. The van der Waals surface area contributed by atoms with Crippen LogP contribution in [-0.4, -0.2) is 38.0 Å². The molecule has 17 heavy (non-hydrogen) atoms. The Labute approximate surface area is 97.5 Å². The topological polar surface area (TPSA) is 38.3 Å². The van der Waals surface area contributed by atoms with Crippen LogP contribution in [0.4, 0.5) is 17.6 Å². The molecule has 1 amide bonds. The number of carbonyl (C=O) groups is 1. The number of rotatable bonds is 9. The number of alkyl halides is 4. The molecule has 0 radical (unpaired) electrons. The number of nitrogens with one attached hydrogen (secondary N) is 1. The Balaban J connectivity index is 3.58. The van der Waals surface area contributed by atoms with Crippen molar-refractivity contribution in [2.75, 3.05) is 19.8 Å². The minimum atomic E-state index is -4.62. The van der Waals surface area contributed by atoms with Crippen molar-refractivity contribution in [3.05, 3.63) is 0 Å². The van der Waals surface area contributed by atoms with Crippen LogP contribution in [0.15, 0.2) is 0 Å². The van der Waals surface area contributed by atoms with Crippen molar-refractivity contribution in [3.8, 4) is 0 Å². The van der Waals surface area contributed by atoms with Gasteiger partial charge in [-0.1, -0.05) is 13.3 Å². The van der Waals surface area contributed by atoms with Gasteiger partial charge in [0.25, 0.3) is 5.91 Å². The quantitative estimate of drug-likeness (QED) is 0.509. The van der Waals surface area contributed by atoms with Crippen molar-refractivity contribution >= 4 is 5.91 Å². The van der Waals surface area contributed by atoms with Gasteiger partial charge in [0.05, 0.1) is 0 Å². The van der Waals surface area contributed by atoms with Crippen LogP contribution in [-0.2, 0) is 9.53 Å². The van der Waals surface area contributed by atoms with Gasteiger partial charge < -0.3 is 10.1 Å². The zero-order chi connectivity index (χ0) is 13.3. The zero-order valence-corrected chi connectivity index (χ0v) is 9.65. The highest BCUT2D eigenvalue weighted by molar-refractivity contribution is 5.83. The molecule has 0 aliphatic carbocycles. The van der Waals surface area contributed by atoms with Crippen LogP contribution in [0, 0.1) is 0 Å². The number of carbonyl (C=O) groups excluding carboxylic acids is 1. The molecule has 0 rings (SSSR count). The van der Waals surface area contributed by atoms with Crippen molar-refractivity contribution in [2.45, 2.75) is 38.5 Å². The van der Waals surface area contributed by atoms with E-state index in [1.165, 1.54) is 0 Å². The van der Waals surface area contributed by atoms with Gasteiger partial charge in [0, 0.05) is 19.8 Å². The average Bonchev–Trinajstić information content (AvgIpc) is 2.27. The maximum atomic E-state index is 12.4. The number of unbranched alkanes of at least 4 members (excludes halogenated alkanes) is 1. The largest absolute Gasteiger partial charge is 0.383 e. The van der Waals surface area contributed by atoms with Crippen LogP contribution in [0.3, 0.4) is 0 Å². The highest BCUT2D eigenvalue weighted by Gasteiger charge is 2.48. The second-order valence-corrected chi connectivity index (χ2v) is 3.50. The summed E-state index contributed by atoms with van der Waals surface area (Å²) in [5, 5.41) is 1.75. The maximum Gasteiger partial charge on any atom is 0.383 e. The summed E-state index contributed by atoms with van der Waals surface area (Å²) < 4.78 is 53.4. The predicted molar refractivity (Wildman–Crippen MR) is 54.3 cm³/mol. The monoisotopic (exact) mass is 259 g/mol. The summed E-state index contributed by atoms with van der Waals surface area (Å²) in [6.07, 6.45) is -1.79. The van der Waals surface area contributed by atoms with Crippen molar-refractivity contribution < 1.29 is 27.1 Å². The molecule has 0 bridgehead atoms. The first-order valence-electron chi connectivity index (χ1n) is 5.45. The van der Waals surface area contributed by atoms with Gasteiger partial charge in [-0.05, 0) is 12.8 Å². The summed E-state index contributed by atoms with van der Waals surface area (Å²) in [5.41, 5.74) is 0. The smallest absolute Gasteiger partial charge is 0.381 e. The molecule has 1 N–H and O–H groups in total. The Kier molecular flexibility index (Phi) is 7.86. The molecule has 7 heteroatoms. The van der Waals surface area contributed by atoms with Crippen LogP contribution < -0.4 is 5.32 Å². The van der Waals surface area contributed by atoms with Crippen molar-refractivity contribution in [1.29, 1.82) is 0 Å². The van der Waals surface area contributed by atoms with E-state index in [0.717, 1.165) is 12.8 Å². The number of hydrogen-bond acceptors (Lipinski definition) is 2. The average molecular weight is 259 g/mol. The lowest BCUT2D eigenvalue weighted by Crippen LogP contribution is -2.45. The van der Waals surface area contributed by atoms with Gasteiger partial charge in [0.2, 0.25) is 0 Å². The minimum Gasteiger partial charge on any atom is -0.381 e. The fourth-order valence-corrected chi connectivity index (χ4v) is 0.942. The van der Waals surface area contributed by atoms with E-state index >= 15 is 0 Å². The summed E-state index contributed by atoms with van der Waals surface area (Å²) in [6, 6.07) is 0. The summed E-state index contributed by atoms with van der Waals surface area (Å²) >= 11 is 0. The lowest BCUT2D eigenvalue weighted by Gasteiger charge is -2.14. The highest BCUT2D eigenvalue weighted by atomic mass is 19.3. The van der Waals surface area contributed by atoms with Crippen molar-refractivity contribution in [3.63, 3.8) is 0 Å². The Morgan fingerprint density at radius 1 is 1.29 bits per heavy atom. The van der Waals surface area contributed by atoms with Crippen LogP contribution in [0.25, 0.3) is 0 Å². The molecule has 0 unspecified atom stereocenters. The molecular weight excluding hydrogens is 242 g/mol. The van der Waals surface area contributed by atoms with Crippen LogP contribution >= 0.6 is 0 Å². The van der Waals surface area contributed by atoms with Crippen LogP contribution in [0.5, 0.6) is 0 Å². The fourth-order valence-electron chi connectivity index (χ4n) is 0.942. The first-order valence-corrected chi connectivity index (χ1v) is 5.45. The minimum absolute atomic E-state index is 0.104. The van der Waals surface area contributed by atoms with Gasteiger partial charge >= 0.3 is 12.3 Å². The van der Waals surface area contributed by atoms with Crippen molar-refractivity contribution in [2.24, 2.45) is 0 Å². The maximum absolute atomic E-state index is 12.4. The van der Waals surface area contributed by atoms with Crippen LogP contribution in [0.1, 0.15) is 26.2 Å². The van der Waals surface area contributed by atoms with Crippen molar-refractivity contribution in [1.82, 2.24) is 5.32 Å². The summed E-state index contributed by atoms with van der Waals surface area (Å²) in [6.45, 7) is 2.77. The number of hydrogen-bond donors (Lipinski definition) is 1. The van der Waals surface area contributed by atoms with Gasteiger partial charge in [0.15, 0.2) is 0 Å². The predicted octanol–water partition coefficient (Wildman–Crippen LogP) is 2.21. The molecule has 0 aliphatic heterocycles. The Bertz CT molecular complexity index is 224. The van der Waals surface area contributed by atoms with E-state index in [2.05, 4.69) is 0 Å². The zero-order valence-electron chi connectivity index (χ0n) is 9.65. The molecule has 0 aliphatic rings. The number of ether oxygens (including phenoxy) is 1. The van der Waals surface area contributed by atoms with E-state index < -0.39 is 18.3 Å². The third-order valence-corrected chi connectivity index (χ3v) is 1.97. The van der Waals surface area contributed by atoms with Crippen LogP contribution in [0.2, 0.25) is 0 Å².